The molecule has 0 fully saturated rings. The highest BCUT2D eigenvalue weighted by molar-refractivity contribution is 6.03. The van der Waals surface area contributed by atoms with E-state index in [0.29, 0.717) is 11.3 Å². The fraction of sp³-hybridized carbons (Fsp3) is 0.0500. The molecular weight excluding hydrogens is 330 g/mol. The molecule has 2 aromatic carbocycles. The van der Waals surface area contributed by atoms with Crippen molar-refractivity contribution < 1.29 is 14.3 Å². The molecule has 0 radical (unpaired) electrons. The third-order valence-electron chi connectivity index (χ3n) is 3.62. The quantitative estimate of drug-likeness (QED) is 0.685. The molecule has 0 unspecified atom stereocenters. The molecule has 0 spiro atoms. The van der Waals surface area contributed by atoms with Crippen LogP contribution in [0.15, 0.2) is 72.9 Å². The summed E-state index contributed by atoms with van der Waals surface area (Å²) in [4.78, 5) is 27.6. The van der Waals surface area contributed by atoms with E-state index in [9.17, 15) is 9.59 Å². The number of nitrogens with zero attached hydrogens (tertiary/aromatic N) is 1. The van der Waals surface area contributed by atoms with Crippen LogP contribution in [0.3, 0.4) is 0 Å². The summed E-state index contributed by atoms with van der Waals surface area (Å²) in [5.74, 6) is -0.851. The first-order valence-electron chi connectivity index (χ1n) is 7.93. The van der Waals surface area contributed by atoms with E-state index in [1.807, 2.05) is 42.5 Å². The van der Waals surface area contributed by atoms with Crippen LogP contribution in [0.2, 0.25) is 0 Å². The van der Waals surface area contributed by atoms with Gasteiger partial charge in [-0.2, -0.15) is 0 Å². The van der Waals surface area contributed by atoms with Gasteiger partial charge in [-0.1, -0.05) is 18.2 Å². The monoisotopic (exact) mass is 347 g/mol. The summed E-state index contributed by atoms with van der Waals surface area (Å²) in [6.45, 7) is 0. The molecule has 6 heteroatoms. The van der Waals surface area contributed by atoms with Gasteiger partial charge in [0, 0.05) is 23.3 Å². The number of carbonyl (C=O) groups is 2. The summed E-state index contributed by atoms with van der Waals surface area (Å²) in [5.41, 5.74) is 3.05. The fourth-order valence-electron chi connectivity index (χ4n) is 2.29. The highest BCUT2D eigenvalue weighted by Crippen LogP contribution is 2.19. The van der Waals surface area contributed by atoms with E-state index in [0.717, 1.165) is 11.4 Å². The number of benzene rings is 2. The van der Waals surface area contributed by atoms with Gasteiger partial charge in [-0.3, -0.25) is 9.78 Å². The van der Waals surface area contributed by atoms with Crippen molar-refractivity contribution >= 4 is 28.9 Å². The average Bonchev–Trinajstić information content (AvgIpc) is 2.70. The topological polar surface area (TPSA) is 80.3 Å². The van der Waals surface area contributed by atoms with Gasteiger partial charge in [0.1, 0.15) is 5.69 Å². The average molecular weight is 347 g/mol. The first-order chi connectivity index (χ1) is 12.7. The molecule has 130 valence electrons. The standard InChI is InChI=1S/C20H17N3O3/c1-26-20(25)14-7-12-18(21-13-14)19(24)23-17-10-8-16(9-11-17)22-15-5-3-2-4-6-15/h2-13,22H,1H3,(H,23,24). The first-order valence-corrected chi connectivity index (χ1v) is 7.93. The van der Waals surface area contributed by atoms with Crippen LogP contribution in [0.4, 0.5) is 17.1 Å². The molecule has 26 heavy (non-hydrogen) atoms. The Bertz CT molecular complexity index is 892. The molecule has 3 aromatic rings. The Balaban J connectivity index is 1.63. The second-order valence-corrected chi connectivity index (χ2v) is 5.45. The summed E-state index contributed by atoms with van der Waals surface area (Å²) in [7, 11) is 1.29. The lowest BCUT2D eigenvalue weighted by Crippen LogP contribution is -2.14. The van der Waals surface area contributed by atoms with Crippen LogP contribution in [-0.2, 0) is 4.74 Å². The van der Waals surface area contributed by atoms with Crippen molar-refractivity contribution in [2.75, 3.05) is 17.7 Å². The van der Waals surface area contributed by atoms with Gasteiger partial charge in [0.25, 0.3) is 5.91 Å². The number of ether oxygens (including phenoxy) is 1. The molecule has 0 aliphatic rings. The summed E-state index contributed by atoms with van der Waals surface area (Å²) < 4.78 is 4.60. The lowest BCUT2D eigenvalue weighted by molar-refractivity contribution is 0.0600. The van der Waals surface area contributed by atoms with E-state index in [-0.39, 0.29) is 11.6 Å². The van der Waals surface area contributed by atoms with Crippen molar-refractivity contribution in [2.45, 2.75) is 0 Å². The van der Waals surface area contributed by atoms with Gasteiger partial charge in [-0.15, -0.1) is 0 Å². The molecular formula is C20H17N3O3. The molecule has 1 aromatic heterocycles. The fourth-order valence-corrected chi connectivity index (χ4v) is 2.29. The molecule has 0 aliphatic carbocycles. The molecule has 3 rings (SSSR count). The molecule has 2 N–H and O–H groups in total. The highest BCUT2D eigenvalue weighted by atomic mass is 16.5. The Hall–Kier alpha value is -3.67. The Morgan fingerprint density at radius 2 is 1.50 bits per heavy atom. The number of pyridine rings is 1. The van der Waals surface area contributed by atoms with Gasteiger partial charge >= 0.3 is 5.97 Å². The Morgan fingerprint density at radius 1 is 0.846 bits per heavy atom. The van der Waals surface area contributed by atoms with E-state index < -0.39 is 5.97 Å². The number of hydrogen-bond donors (Lipinski definition) is 2. The van der Waals surface area contributed by atoms with E-state index in [2.05, 4.69) is 20.4 Å². The smallest absolute Gasteiger partial charge is 0.339 e. The number of nitrogens with one attached hydrogen (secondary N) is 2. The van der Waals surface area contributed by atoms with Gasteiger partial charge in [-0.25, -0.2) is 4.79 Å². The maximum atomic E-state index is 12.2. The molecule has 0 saturated heterocycles. The Labute approximate surface area is 150 Å². The lowest BCUT2D eigenvalue weighted by Gasteiger charge is -2.08. The van der Waals surface area contributed by atoms with E-state index in [1.165, 1.54) is 25.4 Å². The number of hydrogen-bond acceptors (Lipinski definition) is 5. The highest BCUT2D eigenvalue weighted by Gasteiger charge is 2.10. The van der Waals surface area contributed by atoms with Crippen LogP contribution in [0.1, 0.15) is 20.8 Å². The van der Waals surface area contributed by atoms with Gasteiger partial charge in [-0.05, 0) is 48.5 Å². The van der Waals surface area contributed by atoms with Gasteiger partial charge in [0.05, 0.1) is 12.7 Å². The number of amides is 1. The maximum Gasteiger partial charge on any atom is 0.339 e. The van der Waals surface area contributed by atoms with E-state index >= 15 is 0 Å². The van der Waals surface area contributed by atoms with Crippen molar-refractivity contribution in [3.8, 4) is 0 Å². The molecule has 0 atom stereocenters. The largest absolute Gasteiger partial charge is 0.465 e. The van der Waals surface area contributed by atoms with Gasteiger partial charge in [0.2, 0.25) is 0 Å². The van der Waals surface area contributed by atoms with E-state index in [1.54, 1.807) is 12.1 Å². The SMILES string of the molecule is COC(=O)c1ccc(C(=O)Nc2ccc(Nc3ccccc3)cc2)nc1. The Morgan fingerprint density at radius 3 is 2.12 bits per heavy atom. The minimum Gasteiger partial charge on any atom is -0.465 e. The van der Waals surface area contributed by atoms with Crippen LogP contribution in [0, 0.1) is 0 Å². The van der Waals surface area contributed by atoms with Crippen molar-refractivity contribution in [1.29, 1.82) is 0 Å². The lowest BCUT2D eigenvalue weighted by atomic mass is 10.2. The number of esters is 1. The number of rotatable bonds is 5. The third kappa shape index (κ3) is 4.24. The van der Waals surface area contributed by atoms with Gasteiger partial charge in [0.15, 0.2) is 0 Å². The summed E-state index contributed by atoms with van der Waals surface area (Å²) >= 11 is 0. The first kappa shape index (κ1) is 17.2. The summed E-state index contributed by atoms with van der Waals surface area (Å²) in [6, 6.07) is 20.1. The number of anilines is 3. The van der Waals surface area contributed by atoms with E-state index in [4.69, 9.17) is 0 Å². The predicted octanol–water partition coefficient (Wildman–Crippen LogP) is 3.86. The zero-order chi connectivity index (χ0) is 18.4. The number of para-hydroxylation sites is 1. The molecule has 1 heterocycles. The van der Waals surface area contributed by atoms with Crippen molar-refractivity contribution in [1.82, 2.24) is 4.98 Å². The predicted molar refractivity (Wildman–Crippen MR) is 99.7 cm³/mol. The second kappa shape index (κ2) is 7.94. The maximum absolute atomic E-state index is 12.2. The van der Waals surface area contributed by atoms with Crippen LogP contribution < -0.4 is 10.6 Å². The third-order valence-corrected chi connectivity index (χ3v) is 3.62. The molecule has 6 nitrogen and oxygen atoms in total. The van der Waals surface area contributed by atoms with Crippen LogP contribution >= 0.6 is 0 Å². The summed E-state index contributed by atoms with van der Waals surface area (Å²) in [6.07, 6.45) is 1.31. The normalized spacial score (nSPS) is 10.0. The summed E-state index contributed by atoms with van der Waals surface area (Å²) in [5, 5.41) is 6.04. The zero-order valence-corrected chi connectivity index (χ0v) is 14.1. The number of methoxy groups -OCH3 is 1. The van der Waals surface area contributed by atoms with Crippen LogP contribution in [0.25, 0.3) is 0 Å². The zero-order valence-electron chi connectivity index (χ0n) is 14.1. The molecule has 0 bridgehead atoms. The van der Waals surface area contributed by atoms with Crippen molar-refractivity contribution in [2.24, 2.45) is 0 Å². The van der Waals surface area contributed by atoms with Crippen LogP contribution in [0.5, 0.6) is 0 Å². The minimum atomic E-state index is -0.494. The molecule has 1 amide bonds. The number of aromatic nitrogens is 1. The molecule has 0 saturated carbocycles. The van der Waals surface area contributed by atoms with Crippen molar-refractivity contribution in [3.63, 3.8) is 0 Å². The van der Waals surface area contributed by atoms with Crippen molar-refractivity contribution in [3.05, 3.63) is 84.2 Å². The van der Waals surface area contributed by atoms with Crippen LogP contribution in [-0.4, -0.2) is 24.0 Å². The molecule has 0 aliphatic heterocycles. The van der Waals surface area contributed by atoms with Gasteiger partial charge < -0.3 is 15.4 Å². The minimum absolute atomic E-state index is 0.212. The second-order valence-electron chi connectivity index (χ2n) is 5.45. The number of carbonyl (C=O) groups excluding carboxylic acids is 2. The Kier molecular flexibility index (Phi) is 5.24.